The fraction of sp³-hybridized carbons (Fsp3) is 0.280. The maximum atomic E-state index is 13.7. The molecule has 1 N–H and O–H groups in total. The van der Waals surface area contributed by atoms with Crippen LogP contribution in [0.1, 0.15) is 34.0 Å². The molecule has 192 valence electrons. The second-order valence-corrected chi connectivity index (χ2v) is 8.64. The molecule has 2 aromatic carbocycles. The Kier molecular flexibility index (Phi) is 8.30. The molecule has 0 aliphatic carbocycles. The summed E-state index contributed by atoms with van der Waals surface area (Å²) in [5.41, 5.74) is -2.41. The van der Waals surface area contributed by atoms with Gasteiger partial charge in [-0.05, 0) is 46.9 Å². The molecule has 36 heavy (non-hydrogen) atoms. The number of rotatable bonds is 7. The molecule has 0 aliphatic heterocycles. The minimum Gasteiger partial charge on any atom is -0.396 e. The number of hydrogen-bond acceptors (Lipinski definition) is 3. The van der Waals surface area contributed by atoms with Crippen molar-refractivity contribution in [1.29, 1.82) is 0 Å². The van der Waals surface area contributed by atoms with Crippen LogP contribution in [0.3, 0.4) is 0 Å². The number of carbonyl (C=O) groups is 1. The zero-order chi connectivity index (χ0) is 26.7. The van der Waals surface area contributed by atoms with Gasteiger partial charge in [-0.15, -0.1) is 0 Å². The quantitative estimate of drug-likeness (QED) is 0.273. The summed E-state index contributed by atoms with van der Waals surface area (Å²) in [4.78, 5) is 18.7. The molecule has 0 saturated carbocycles. The topological polar surface area (TPSA) is 53.4 Å². The summed E-state index contributed by atoms with van der Waals surface area (Å²) >= 11 is 6.26. The monoisotopic (exact) mass is 530 g/mol. The van der Waals surface area contributed by atoms with E-state index >= 15 is 0 Å². The van der Waals surface area contributed by atoms with Gasteiger partial charge in [0.15, 0.2) is 0 Å². The molecule has 1 amide bonds. The SMILES string of the molecule is C[C@H](CO)CN(Cc1cc(C(F)(F)F)cc(C(F)(F)F)c1)C(=O)c1c(-c2ccccc2)ccnc1Cl. The van der Waals surface area contributed by atoms with Crippen molar-refractivity contribution in [2.75, 3.05) is 13.2 Å². The molecule has 0 aliphatic rings. The van der Waals surface area contributed by atoms with E-state index < -0.39 is 41.8 Å². The fourth-order valence-corrected chi connectivity index (χ4v) is 3.88. The Morgan fingerprint density at radius 3 is 2.11 bits per heavy atom. The van der Waals surface area contributed by atoms with Gasteiger partial charge in [0.25, 0.3) is 5.91 Å². The molecule has 3 aromatic rings. The highest BCUT2D eigenvalue weighted by atomic mass is 35.5. The van der Waals surface area contributed by atoms with Crippen molar-refractivity contribution in [1.82, 2.24) is 9.88 Å². The predicted octanol–water partition coefficient (Wildman–Crippen LogP) is 6.71. The summed E-state index contributed by atoms with van der Waals surface area (Å²) in [6.45, 7) is 0.463. The average Bonchev–Trinajstić information content (AvgIpc) is 2.82. The molecule has 0 unspecified atom stereocenters. The maximum Gasteiger partial charge on any atom is 0.416 e. The number of aliphatic hydroxyl groups excluding tert-OH is 1. The minimum atomic E-state index is -5.03. The highest BCUT2D eigenvalue weighted by Crippen LogP contribution is 2.37. The molecule has 4 nitrogen and oxygen atoms in total. The molecule has 0 spiro atoms. The van der Waals surface area contributed by atoms with Crippen LogP contribution in [0.15, 0.2) is 60.8 Å². The first-order valence-corrected chi connectivity index (χ1v) is 11.1. The third-order valence-electron chi connectivity index (χ3n) is 5.36. The van der Waals surface area contributed by atoms with E-state index in [0.717, 1.165) is 4.90 Å². The normalized spacial score (nSPS) is 12.9. The fourth-order valence-electron chi connectivity index (χ4n) is 3.64. The van der Waals surface area contributed by atoms with Gasteiger partial charge in [-0.25, -0.2) is 4.98 Å². The number of carbonyl (C=O) groups excluding carboxylic acids is 1. The van der Waals surface area contributed by atoms with E-state index in [1.165, 1.54) is 12.3 Å². The number of hydrogen-bond donors (Lipinski definition) is 1. The van der Waals surface area contributed by atoms with E-state index in [2.05, 4.69) is 4.98 Å². The number of pyridine rings is 1. The van der Waals surface area contributed by atoms with Gasteiger partial charge in [-0.3, -0.25) is 4.79 Å². The highest BCUT2D eigenvalue weighted by Gasteiger charge is 2.37. The number of aromatic nitrogens is 1. The largest absolute Gasteiger partial charge is 0.416 e. The van der Waals surface area contributed by atoms with Crippen LogP contribution in [0.5, 0.6) is 0 Å². The Morgan fingerprint density at radius 2 is 1.58 bits per heavy atom. The lowest BCUT2D eigenvalue weighted by atomic mass is 9.99. The van der Waals surface area contributed by atoms with Gasteiger partial charge in [0.2, 0.25) is 0 Å². The first kappa shape index (κ1) is 27.5. The molecular formula is C25H21ClF6N2O2. The summed E-state index contributed by atoms with van der Waals surface area (Å²) < 4.78 is 80.1. The molecule has 0 saturated heterocycles. The summed E-state index contributed by atoms with van der Waals surface area (Å²) in [5.74, 6) is -1.28. The lowest BCUT2D eigenvalue weighted by Gasteiger charge is -2.27. The van der Waals surface area contributed by atoms with Crippen LogP contribution in [-0.2, 0) is 18.9 Å². The van der Waals surface area contributed by atoms with Gasteiger partial charge in [0.05, 0.1) is 16.7 Å². The van der Waals surface area contributed by atoms with Crippen LogP contribution in [-0.4, -0.2) is 34.0 Å². The predicted molar refractivity (Wildman–Crippen MR) is 122 cm³/mol. The first-order chi connectivity index (χ1) is 16.8. The second kappa shape index (κ2) is 10.9. The summed E-state index contributed by atoms with van der Waals surface area (Å²) in [6, 6.07) is 11.3. The van der Waals surface area contributed by atoms with Crippen LogP contribution in [0.25, 0.3) is 11.1 Å². The Bertz CT molecular complexity index is 1180. The summed E-state index contributed by atoms with van der Waals surface area (Å²) in [7, 11) is 0. The van der Waals surface area contributed by atoms with Crippen LogP contribution < -0.4 is 0 Å². The van der Waals surface area contributed by atoms with Gasteiger partial charge in [0, 0.05) is 25.9 Å². The molecule has 0 bridgehead atoms. The number of amides is 1. The smallest absolute Gasteiger partial charge is 0.396 e. The van der Waals surface area contributed by atoms with E-state index in [1.807, 2.05) is 0 Å². The number of nitrogens with zero attached hydrogens (tertiary/aromatic N) is 2. The molecule has 11 heteroatoms. The van der Waals surface area contributed by atoms with Gasteiger partial charge in [-0.2, -0.15) is 26.3 Å². The minimum absolute atomic E-state index is 0.0253. The van der Waals surface area contributed by atoms with Gasteiger partial charge < -0.3 is 10.0 Å². The van der Waals surface area contributed by atoms with E-state index in [-0.39, 0.29) is 35.5 Å². The van der Waals surface area contributed by atoms with Crippen molar-refractivity contribution < 1.29 is 36.2 Å². The van der Waals surface area contributed by atoms with Gasteiger partial charge in [0.1, 0.15) is 5.15 Å². The summed E-state index contributed by atoms with van der Waals surface area (Å²) in [5, 5.41) is 9.34. The highest BCUT2D eigenvalue weighted by molar-refractivity contribution is 6.33. The zero-order valence-electron chi connectivity index (χ0n) is 18.9. The first-order valence-electron chi connectivity index (χ1n) is 10.7. The van der Waals surface area contributed by atoms with Crippen molar-refractivity contribution in [3.8, 4) is 11.1 Å². The number of halogens is 7. The van der Waals surface area contributed by atoms with Crippen LogP contribution in [0, 0.1) is 5.92 Å². The third-order valence-corrected chi connectivity index (χ3v) is 5.64. The van der Waals surface area contributed by atoms with Crippen molar-refractivity contribution >= 4 is 17.5 Å². The summed E-state index contributed by atoms with van der Waals surface area (Å²) in [6.07, 6.45) is -8.68. The average molecular weight is 531 g/mol. The van der Waals surface area contributed by atoms with Crippen LogP contribution in [0.2, 0.25) is 5.15 Å². The van der Waals surface area contributed by atoms with Crippen molar-refractivity contribution in [2.24, 2.45) is 5.92 Å². The molecular weight excluding hydrogens is 510 g/mol. The van der Waals surface area contributed by atoms with E-state index in [9.17, 15) is 36.2 Å². The molecule has 1 aromatic heterocycles. The number of alkyl halides is 6. The van der Waals surface area contributed by atoms with E-state index in [0.29, 0.717) is 23.3 Å². The Morgan fingerprint density at radius 1 is 1.00 bits per heavy atom. The van der Waals surface area contributed by atoms with Gasteiger partial charge in [-0.1, -0.05) is 48.9 Å². The molecule has 1 atom stereocenters. The van der Waals surface area contributed by atoms with Crippen molar-refractivity contribution in [3.63, 3.8) is 0 Å². The Hall–Kier alpha value is -3.11. The second-order valence-electron chi connectivity index (χ2n) is 8.28. The lowest BCUT2D eigenvalue weighted by Crippen LogP contribution is -2.36. The molecule has 1 heterocycles. The standard InChI is InChI=1S/C25H21ClF6N2O2/c1-15(14-35)12-34(13-16-9-18(24(27,28)29)11-19(10-16)25(30,31)32)23(36)21-20(7-8-33-22(21)26)17-5-3-2-4-6-17/h2-11,15,35H,12-14H2,1H3/t15-/m0/s1. The van der Waals surface area contributed by atoms with E-state index in [1.54, 1.807) is 37.3 Å². The molecule has 0 radical (unpaired) electrons. The van der Waals surface area contributed by atoms with E-state index in [4.69, 9.17) is 11.6 Å². The van der Waals surface area contributed by atoms with Crippen LogP contribution >= 0.6 is 11.6 Å². The Labute approximate surface area is 208 Å². The Balaban J connectivity index is 2.10. The molecule has 3 rings (SSSR count). The number of aliphatic hydroxyl groups is 1. The van der Waals surface area contributed by atoms with Crippen molar-refractivity contribution in [2.45, 2.75) is 25.8 Å². The third kappa shape index (κ3) is 6.55. The van der Waals surface area contributed by atoms with Gasteiger partial charge >= 0.3 is 12.4 Å². The lowest BCUT2D eigenvalue weighted by molar-refractivity contribution is -0.143. The zero-order valence-corrected chi connectivity index (χ0v) is 19.6. The van der Waals surface area contributed by atoms with Crippen molar-refractivity contribution in [3.05, 3.63) is 88.2 Å². The molecule has 0 fully saturated rings. The van der Waals surface area contributed by atoms with Crippen LogP contribution in [0.4, 0.5) is 26.3 Å². The number of benzene rings is 2. The maximum absolute atomic E-state index is 13.7.